The van der Waals surface area contributed by atoms with Gasteiger partial charge < -0.3 is 14.6 Å². The fourth-order valence-corrected chi connectivity index (χ4v) is 6.23. The number of aromatic nitrogens is 1. The highest BCUT2D eigenvalue weighted by molar-refractivity contribution is 9.10. The summed E-state index contributed by atoms with van der Waals surface area (Å²) in [7, 11) is 0. The number of aliphatic hydroxyl groups excluding tert-OH is 1. The molecule has 1 amide bonds. The first-order valence-corrected chi connectivity index (χ1v) is 13.3. The predicted molar refractivity (Wildman–Crippen MR) is 145 cm³/mol. The zero-order chi connectivity index (χ0) is 25.8. The van der Waals surface area contributed by atoms with Crippen LogP contribution >= 0.6 is 27.3 Å². The van der Waals surface area contributed by atoms with Crippen molar-refractivity contribution in [2.24, 2.45) is 0 Å². The normalized spacial score (nSPS) is 18.6. The third kappa shape index (κ3) is 3.98. The average Bonchev–Trinajstić information content (AvgIpc) is 3.42. The Morgan fingerprint density at radius 3 is 2.51 bits per heavy atom. The molecule has 2 aliphatic heterocycles. The van der Waals surface area contributed by atoms with E-state index in [0.717, 1.165) is 25.8 Å². The van der Waals surface area contributed by atoms with Crippen molar-refractivity contribution in [2.45, 2.75) is 19.9 Å². The second kappa shape index (κ2) is 9.00. The molecule has 37 heavy (non-hydrogen) atoms. The Morgan fingerprint density at radius 1 is 1.03 bits per heavy atom. The van der Waals surface area contributed by atoms with Gasteiger partial charge in [-0.15, -0.1) is 0 Å². The van der Waals surface area contributed by atoms with E-state index < -0.39 is 17.7 Å². The lowest BCUT2D eigenvalue weighted by Crippen LogP contribution is -2.29. The van der Waals surface area contributed by atoms with Gasteiger partial charge in [0.15, 0.2) is 16.6 Å². The van der Waals surface area contributed by atoms with Crippen molar-refractivity contribution < 1.29 is 24.2 Å². The Kier molecular flexibility index (Phi) is 5.77. The van der Waals surface area contributed by atoms with Gasteiger partial charge in [-0.05, 0) is 66.9 Å². The summed E-state index contributed by atoms with van der Waals surface area (Å²) in [6.07, 6.45) is 0. The van der Waals surface area contributed by atoms with Gasteiger partial charge in [-0.2, -0.15) is 0 Å². The van der Waals surface area contributed by atoms with Crippen molar-refractivity contribution in [3.63, 3.8) is 0 Å². The van der Waals surface area contributed by atoms with E-state index in [-0.39, 0.29) is 11.3 Å². The summed E-state index contributed by atoms with van der Waals surface area (Å²) in [5.74, 6) is -0.749. The SMILES string of the molecule is Cc1cc(C)c2nc(N3C(=O)C(=O)C(=C(O)c4ccc5c(c4)OCCO5)[C@@H]3c3ccc(Br)cc3)sc2c1. The summed E-state index contributed by atoms with van der Waals surface area (Å²) in [6.45, 7) is 4.80. The number of hydrogen-bond donors (Lipinski definition) is 1. The van der Waals surface area contributed by atoms with Gasteiger partial charge >= 0.3 is 5.91 Å². The standard InChI is InChI=1S/C28H21BrN2O5S/c1-14-11-15(2)23-21(12-14)37-28(30-23)31-24(16-3-6-18(29)7-4-16)22(26(33)27(31)34)25(32)17-5-8-19-20(13-17)36-10-9-35-19/h3-8,11-13,24,32H,9-10H2,1-2H3/t24-/m0/s1. The molecule has 3 aromatic carbocycles. The number of benzene rings is 3. The number of fused-ring (bicyclic) bond motifs is 2. The molecule has 1 atom stereocenters. The van der Waals surface area contributed by atoms with Crippen LogP contribution in [0.25, 0.3) is 16.0 Å². The Bertz CT molecular complexity index is 1630. The number of amides is 1. The van der Waals surface area contributed by atoms with Gasteiger partial charge in [0, 0.05) is 10.0 Å². The van der Waals surface area contributed by atoms with E-state index in [1.54, 1.807) is 18.2 Å². The number of anilines is 1. The van der Waals surface area contributed by atoms with Gasteiger partial charge in [0.1, 0.15) is 19.0 Å². The van der Waals surface area contributed by atoms with E-state index in [1.165, 1.54) is 16.2 Å². The molecule has 186 valence electrons. The van der Waals surface area contributed by atoms with Crippen LogP contribution in [-0.4, -0.2) is 35.0 Å². The lowest BCUT2D eigenvalue weighted by atomic mass is 9.95. The van der Waals surface area contributed by atoms with Crippen LogP contribution < -0.4 is 14.4 Å². The number of thiazole rings is 1. The summed E-state index contributed by atoms with van der Waals surface area (Å²) in [6, 6.07) is 15.5. The number of hydrogen-bond acceptors (Lipinski definition) is 7. The number of nitrogens with zero attached hydrogens (tertiary/aromatic N) is 2. The van der Waals surface area contributed by atoms with Crippen LogP contribution in [0.4, 0.5) is 5.13 Å². The number of ether oxygens (including phenoxy) is 2. The summed E-state index contributed by atoms with van der Waals surface area (Å²) in [5.41, 5.74) is 3.90. The van der Waals surface area contributed by atoms with E-state index in [9.17, 15) is 14.7 Å². The summed E-state index contributed by atoms with van der Waals surface area (Å²) < 4.78 is 13.0. The van der Waals surface area contributed by atoms with Gasteiger partial charge in [0.2, 0.25) is 0 Å². The van der Waals surface area contributed by atoms with Gasteiger partial charge in [-0.3, -0.25) is 14.5 Å². The highest BCUT2D eigenvalue weighted by Gasteiger charge is 2.48. The zero-order valence-electron chi connectivity index (χ0n) is 19.9. The number of halogens is 1. The molecule has 0 unspecified atom stereocenters. The maximum atomic E-state index is 13.5. The minimum atomic E-state index is -0.858. The Morgan fingerprint density at radius 2 is 1.76 bits per heavy atom. The van der Waals surface area contributed by atoms with Crippen molar-refractivity contribution in [1.29, 1.82) is 0 Å². The molecule has 0 saturated carbocycles. The maximum absolute atomic E-state index is 13.5. The van der Waals surface area contributed by atoms with Crippen LogP contribution in [0.5, 0.6) is 11.5 Å². The van der Waals surface area contributed by atoms with Crippen LogP contribution in [0.15, 0.2) is 64.6 Å². The fourth-order valence-electron chi connectivity index (χ4n) is 4.80. The van der Waals surface area contributed by atoms with Crippen LogP contribution in [-0.2, 0) is 9.59 Å². The fraction of sp³-hybridized carbons (Fsp3) is 0.179. The molecule has 0 spiro atoms. The molecule has 4 aromatic rings. The second-order valence-electron chi connectivity index (χ2n) is 9.00. The lowest BCUT2D eigenvalue weighted by Gasteiger charge is -2.23. The average molecular weight is 577 g/mol. The smallest absolute Gasteiger partial charge is 0.301 e. The van der Waals surface area contributed by atoms with Crippen LogP contribution in [0, 0.1) is 13.8 Å². The van der Waals surface area contributed by atoms with E-state index in [0.29, 0.717) is 41.0 Å². The van der Waals surface area contributed by atoms with E-state index in [2.05, 4.69) is 15.9 Å². The van der Waals surface area contributed by atoms with Crippen LogP contribution in [0.3, 0.4) is 0 Å². The van der Waals surface area contributed by atoms with E-state index in [4.69, 9.17) is 14.5 Å². The predicted octanol–water partition coefficient (Wildman–Crippen LogP) is 6.07. The van der Waals surface area contributed by atoms with Crippen LogP contribution in [0.1, 0.15) is 28.3 Å². The highest BCUT2D eigenvalue weighted by Crippen LogP contribution is 2.45. The minimum Gasteiger partial charge on any atom is -0.507 e. The molecular formula is C28H21BrN2O5S. The third-order valence-electron chi connectivity index (χ3n) is 6.47. The maximum Gasteiger partial charge on any atom is 0.301 e. The van der Waals surface area contributed by atoms with Crippen molar-refractivity contribution in [3.8, 4) is 11.5 Å². The molecule has 6 rings (SSSR count). The lowest BCUT2D eigenvalue weighted by molar-refractivity contribution is -0.132. The molecule has 0 bridgehead atoms. The van der Waals surface area contributed by atoms with Gasteiger partial charge in [-0.1, -0.05) is 45.5 Å². The molecule has 1 saturated heterocycles. The van der Waals surface area contributed by atoms with Crippen molar-refractivity contribution >= 4 is 60.1 Å². The zero-order valence-corrected chi connectivity index (χ0v) is 22.4. The van der Waals surface area contributed by atoms with Crippen LogP contribution in [0.2, 0.25) is 0 Å². The number of Topliss-reactive ketones (excluding diaryl/α,β-unsaturated/α-hetero) is 1. The molecule has 9 heteroatoms. The number of carbonyl (C=O) groups is 2. The molecule has 2 aliphatic rings. The van der Waals surface area contributed by atoms with Gasteiger partial charge in [0.05, 0.1) is 21.8 Å². The van der Waals surface area contributed by atoms with Crippen molar-refractivity contribution in [1.82, 2.24) is 4.98 Å². The molecular weight excluding hydrogens is 556 g/mol. The quantitative estimate of drug-likeness (QED) is 0.181. The van der Waals surface area contributed by atoms with E-state index >= 15 is 0 Å². The summed E-state index contributed by atoms with van der Waals surface area (Å²) in [4.78, 5) is 33.1. The first kappa shape index (κ1) is 23.7. The highest BCUT2D eigenvalue weighted by atomic mass is 79.9. The third-order valence-corrected chi connectivity index (χ3v) is 8.00. The van der Waals surface area contributed by atoms with Crippen molar-refractivity contribution in [2.75, 3.05) is 18.1 Å². The molecule has 1 N–H and O–H groups in total. The Hall–Kier alpha value is -3.69. The Balaban J connectivity index is 1.55. The topological polar surface area (TPSA) is 89.0 Å². The van der Waals surface area contributed by atoms with Gasteiger partial charge in [0.25, 0.3) is 5.78 Å². The van der Waals surface area contributed by atoms with Crippen molar-refractivity contribution in [3.05, 3.63) is 86.9 Å². The Labute approximate surface area is 225 Å². The number of ketones is 1. The number of rotatable bonds is 3. The molecule has 7 nitrogen and oxygen atoms in total. The second-order valence-corrected chi connectivity index (χ2v) is 10.9. The molecule has 1 fully saturated rings. The molecule has 0 aliphatic carbocycles. The first-order valence-electron chi connectivity index (χ1n) is 11.7. The van der Waals surface area contributed by atoms with Gasteiger partial charge in [-0.25, -0.2) is 4.98 Å². The molecule has 0 radical (unpaired) electrons. The van der Waals surface area contributed by atoms with E-state index in [1.807, 2.05) is 50.2 Å². The molecule has 1 aromatic heterocycles. The summed E-state index contributed by atoms with van der Waals surface area (Å²) >= 11 is 4.80. The monoisotopic (exact) mass is 576 g/mol. The number of carbonyl (C=O) groups excluding carboxylic acids is 2. The summed E-state index contributed by atoms with van der Waals surface area (Å²) in [5, 5.41) is 11.8. The molecule has 3 heterocycles. The first-order chi connectivity index (χ1) is 17.8. The minimum absolute atomic E-state index is 0.00356. The number of aryl methyl sites for hydroxylation is 2. The number of aliphatic hydroxyl groups is 1. The largest absolute Gasteiger partial charge is 0.507 e.